The smallest absolute Gasteiger partial charge is 0.273 e. The van der Waals surface area contributed by atoms with Crippen LogP contribution in [-0.2, 0) is 4.79 Å². The number of carbonyl (C=O) groups is 2. The van der Waals surface area contributed by atoms with Gasteiger partial charge in [0.2, 0.25) is 5.91 Å². The van der Waals surface area contributed by atoms with Crippen LogP contribution in [0.25, 0.3) is 0 Å². The summed E-state index contributed by atoms with van der Waals surface area (Å²) in [5.74, 6) is 0.353. The molecule has 2 heterocycles. The van der Waals surface area contributed by atoms with Crippen molar-refractivity contribution in [2.24, 2.45) is 0 Å². The first-order valence-corrected chi connectivity index (χ1v) is 6.41. The molecular weight excluding hydrogens is 244 g/mol. The molecule has 1 saturated heterocycles. The molecule has 0 bridgehead atoms. The van der Waals surface area contributed by atoms with Crippen molar-refractivity contribution in [3.05, 3.63) is 23.9 Å². The Morgan fingerprint density at radius 3 is 3.05 bits per heavy atom. The first-order chi connectivity index (χ1) is 9.17. The Morgan fingerprint density at radius 1 is 1.58 bits per heavy atom. The van der Waals surface area contributed by atoms with Gasteiger partial charge >= 0.3 is 0 Å². The van der Waals surface area contributed by atoms with Crippen molar-refractivity contribution in [3.8, 4) is 0 Å². The lowest BCUT2D eigenvalue weighted by Crippen LogP contribution is -2.57. The molecule has 1 aromatic heterocycles. The van der Waals surface area contributed by atoms with Crippen LogP contribution in [0.1, 0.15) is 23.8 Å². The molecule has 0 aliphatic carbocycles. The van der Waals surface area contributed by atoms with E-state index in [9.17, 15) is 9.59 Å². The predicted octanol–water partition coefficient (Wildman–Crippen LogP) is 0.474. The highest BCUT2D eigenvalue weighted by Crippen LogP contribution is 2.13. The minimum Gasteiger partial charge on any atom is -0.373 e. The Morgan fingerprint density at radius 2 is 2.37 bits per heavy atom. The van der Waals surface area contributed by atoms with E-state index in [1.54, 1.807) is 30.1 Å². The molecule has 1 aliphatic heterocycles. The summed E-state index contributed by atoms with van der Waals surface area (Å²) in [6.45, 7) is 2.91. The van der Waals surface area contributed by atoms with E-state index < -0.39 is 6.04 Å². The minimum atomic E-state index is -0.402. The van der Waals surface area contributed by atoms with E-state index in [1.807, 2.05) is 6.92 Å². The molecule has 0 saturated carbocycles. The van der Waals surface area contributed by atoms with E-state index in [2.05, 4.69) is 15.6 Å². The second kappa shape index (κ2) is 5.69. The van der Waals surface area contributed by atoms with E-state index in [4.69, 9.17) is 0 Å². The largest absolute Gasteiger partial charge is 0.373 e. The minimum absolute atomic E-state index is 0.0909. The summed E-state index contributed by atoms with van der Waals surface area (Å²) in [7, 11) is 1.75. The van der Waals surface area contributed by atoms with Gasteiger partial charge in [-0.2, -0.15) is 0 Å². The molecule has 1 unspecified atom stereocenters. The molecule has 1 fully saturated rings. The second-order valence-corrected chi connectivity index (χ2v) is 4.37. The van der Waals surface area contributed by atoms with Crippen LogP contribution >= 0.6 is 0 Å². The number of amides is 2. The number of aromatic nitrogens is 1. The van der Waals surface area contributed by atoms with Gasteiger partial charge in [-0.1, -0.05) is 13.0 Å². The molecule has 2 amide bonds. The number of piperazine rings is 1. The molecule has 102 valence electrons. The molecule has 0 aromatic carbocycles. The van der Waals surface area contributed by atoms with Gasteiger partial charge in [-0.15, -0.1) is 0 Å². The lowest BCUT2D eigenvalue weighted by Gasteiger charge is -2.34. The zero-order valence-electron chi connectivity index (χ0n) is 11.1. The maximum absolute atomic E-state index is 12.4. The third-order valence-electron chi connectivity index (χ3n) is 3.20. The van der Waals surface area contributed by atoms with Crippen molar-refractivity contribution in [1.29, 1.82) is 0 Å². The van der Waals surface area contributed by atoms with Crippen molar-refractivity contribution < 1.29 is 9.59 Å². The first kappa shape index (κ1) is 13.3. The maximum atomic E-state index is 12.4. The molecule has 1 aromatic rings. The fourth-order valence-corrected chi connectivity index (χ4v) is 2.20. The van der Waals surface area contributed by atoms with Gasteiger partial charge in [-0.25, -0.2) is 4.98 Å². The number of rotatable bonds is 3. The topological polar surface area (TPSA) is 74.3 Å². The monoisotopic (exact) mass is 262 g/mol. The molecule has 2 rings (SSSR count). The fraction of sp³-hybridized carbons (Fsp3) is 0.462. The number of hydrogen-bond acceptors (Lipinski definition) is 4. The number of nitrogens with zero attached hydrogens (tertiary/aromatic N) is 2. The highest BCUT2D eigenvalue weighted by atomic mass is 16.2. The quantitative estimate of drug-likeness (QED) is 0.830. The Balaban J connectivity index is 2.24. The summed E-state index contributed by atoms with van der Waals surface area (Å²) in [6, 6.07) is 4.83. The van der Waals surface area contributed by atoms with E-state index in [0.717, 1.165) is 0 Å². The van der Waals surface area contributed by atoms with Crippen molar-refractivity contribution in [2.75, 3.05) is 25.5 Å². The van der Waals surface area contributed by atoms with Crippen LogP contribution in [0.4, 0.5) is 5.82 Å². The zero-order chi connectivity index (χ0) is 13.8. The van der Waals surface area contributed by atoms with Gasteiger partial charge in [0.15, 0.2) is 0 Å². The number of nitrogens with one attached hydrogen (secondary N) is 2. The van der Waals surface area contributed by atoms with Crippen molar-refractivity contribution in [1.82, 2.24) is 15.2 Å². The maximum Gasteiger partial charge on any atom is 0.273 e. The van der Waals surface area contributed by atoms with Gasteiger partial charge in [-0.3, -0.25) is 9.59 Å². The van der Waals surface area contributed by atoms with Crippen LogP contribution < -0.4 is 10.6 Å². The summed E-state index contributed by atoms with van der Waals surface area (Å²) in [4.78, 5) is 30.0. The standard InChI is InChI=1S/C13H18N4O2/c1-3-10-12(18)15-7-8-17(10)13(19)9-5-4-6-11(14-2)16-9/h4-6,10H,3,7-8H2,1-2H3,(H,14,16)(H,15,18). The molecule has 1 aliphatic rings. The van der Waals surface area contributed by atoms with Crippen LogP contribution in [0.15, 0.2) is 18.2 Å². The average molecular weight is 262 g/mol. The van der Waals surface area contributed by atoms with Crippen LogP contribution in [0.5, 0.6) is 0 Å². The summed E-state index contributed by atoms with van der Waals surface area (Å²) >= 11 is 0. The second-order valence-electron chi connectivity index (χ2n) is 4.37. The van der Waals surface area contributed by atoms with Gasteiger partial charge in [0.05, 0.1) is 0 Å². The van der Waals surface area contributed by atoms with Crippen LogP contribution in [-0.4, -0.2) is 47.9 Å². The Labute approximate surface area is 112 Å². The van der Waals surface area contributed by atoms with Gasteiger partial charge in [0.1, 0.15) is 17.6 Å². The highest BCUT2D eigenvalue weighted by Gasteiger charge is 2.32. The SMILES string of the molecule is CCC1C(=O)NCCN1C(=O)c1cccc(NC)n1. The first-order valence-electron chi connectivity index (χ1n) is 6.41. The predicted molar refractivity (Wildman–Crippen MR) is 71.9 cm³/mol. The van der Waals surface area contributed by atoms with Gasteiger partial charge < -0.3 is 15.5 Å². The lowest BCUT2D eigenvalue weighted by molar-refractivity contribution is -0.127. The average Bonchev–Trinajstić information content (AvgIpc) is 2.46. The molecule has 0 spiro atoms. The highest BCUT2D eigenvalue weighted by molar-refractivity contribution is 5.97. The number of carbonyl (C=O) groups excluding carboxylic acids is 2. The Kier molecular flexibility index (Phi) is 3.99. The fourth-order valence-electron chi connectivity index (χ4n) is 2.20. The van der Waals surface area contributed by atoms with E-state index >= 15 is 0 Å². The lowest BCUT2D eigenvalue weighted by atomic mass is 10.1. The van der Waals surface area contributed by atoms with E-state index in [1.165, 1.54) is 0 Å². The zero-order valence-corrected chi connectivity index (χ0v) is 11.1. The molecule has 6 heteroatoms. The van der Waals surface area contributed by atoms with Crippen LogP contribution in [0.2, 0.25) is 0 Å². The van der Waals surface area contributed by atoms with Gasteiger partial charge in [0, 0.05) is 20.1 Å². The van der Waals surface area contributed by atoms with Crippen LogP contribution in [0.3, 0.4) is 0 Å². The van der Waals surface area contributed by atoms with E-state index in [0.29, 0.717) is 31.0 Å². The number of pyridine rings is 1. The Hall–Kier alpha value is -2.11. The van der Waals surface area contributed by atoms with Crippen molar-refractivity contribution in [3.63, 3.8) is 0 Å². The third kappa shape index (κ3) is 2.67. The number of anilines is 1. The molecule has 19 heavy (non-hydrogen) atoms. The number of hydrogen-bond donors (Lipinski definition) is 2. The van der Waals surface area contributed by atoms with Gasteiger partial charge in [-0.05, 0) is 18.6 Å². The Bertz CT molecular complexity index is 489. The summed E-state index contributed by atoms with van der Waals surface area (Å²) in [5.41, 5.74) is 0.361. The summed E-state index contributed by atoms with van der Waals surface area (Å²) < 4.78 is 0. The van der Waals surface area contributed by atoms with Crippen LogP contribution in [0, 0.1) is 0 Å². The molecule has 0 radical (unpaired) electrons. The molecule has 1 atom stereocenters. The van der Waals surface area contributed by atoms with E-state index in [-0.39, 0.29) is 11.8 Å². The van der Waals surface area contributed by atoms with Crippen molar-refractivity contribution >= 4 is 17.6 Å². The van der Waals surface area contributed by atoms with Crippen molar-refractivity contribution in [2.45, 2.75) is 19.4 Å². The van der Waals surface area contributed by atoms with Gasteiger partial charge in [0.25, 0.3) is 5.91 Å². The third-order valence-corrected chi connectivity index (χ3v) is 3.20. The normalized spacial score (nSPS) is 18.9. The summed E-state index contributed by atoms with van der Waals surface area (Å²) in [5, 5.41) is 5.67. The molecule has 6 nitrogen and oxygen atoms in total. The molecular formula is C13H18N4O2. The summed E-state index contributed by atoms with van der Waals surface area (Å²) in [6.07, 6.45) is 0.600. The molecule has 2 N–H and O–H groups in total.